The highest BCUT2D eigenvalue weighted by atomic mass is 16.5. The molecule has 1 fully saturated rings. The molecule has 2 rings (SSSR count). The molecule has 3 nitrogen and oxygen atoms in total. The van der Waals surface area contributed by atoms with Crippen LogP contribution in [0.25, 0.3) is 0 Å². The molecule has 2 N–H and O–H groups in total. The molecule has 0 atom stereocenters. The lowest BCUT2D eigenvalue weighted by molar-refractivity contribution is 0.364. The van der Waals surface area contributed by atoms with Crippen molar-refractivity contribution >= 4 is 0 Å². The number of phenols is 1. The van der Waals surface area contributed by atoms with Crippen molar-refractivity contribution in [3.8, 4) is 11.5 Å². The van der Waals surface area contributed by atoms with Gasteiger partial charge in [0, 0.05) is 0 Å². The van der Waals surface area contributed by atoms with Crippen molar-refractivity contribution in [3.63, 3.8) is 0 Å². The lowest BCUT2D eigenvalue weighted by atomic mass is 9.90. The van der Waals surface area contributed by atoms with E-state index in [-0.39, 0.29) is 0 Å². The summed E-state index contributed by atoms with van der Waals surface area (Å²) in [6.07, 6.45) is 3.33. The molecule has 0 amide bonds. The Morgan fingerprint density at radius 3 is 2.71 bits per heavy atom. The van der Waals surface area contributed by atoms with E-state index >= 15 is 0 Å². The van der Waals surface area contributed by atoms with Crippen molar-refractivity contribution in [2.75, 3.05) is 20.2 Å². The standard InChI is InChI=1S/C14H21NO2/c1-10-7-13(16)12(9-14(10)17-2)8-11-3-5-15-6-4-11/h7,9,11,15-16H,3-6,8H2,1-2H3. The van der Waals surface area contributed by atoms with Gasteiger partial charge in [-0.05, 0) is 68.5 Å². The van der Waals surface area contributed by atoms with Gasteiger partial charge < -0.3 is 15.2 Å². The van der Waals surface area contributed by atoms with E-state index in [0.717, 1.165) is 36.4 Å². The average molecular weight is 235 g/mol. The minimum Gasteiger partial charge on any atom is -0.508 e. The maximum Gasteiger partial charge on any atom is 0.122 e. The molecule has 0 saturated carbocycles. The van der Waals surface area contributed by atoms with Crippen LogP contribution in [0.1, 0.15) is 24.0 Å². The summed E-state index contributed by atoms with van der Waals surface area (Å²) in [5.41, 5.74) is 2.00. The van der Waals surface area contributed by atoms with Crippen LogP contribution in [0.15, 0.2) is 12.1 Å². The van der Waals surface area contributed by atoms with Gasteiger partial charge >= 0.3 is 0 Å². The highest BCUT2D eigenvalue weighted by molar-refractivity contribution is 5.45. The molecule has 0 aliphatic carbocycles. The van der Waals surface area contributed by atoms with Crippen molar-refractivity contribution in [3.05, 3.63) is 23.3 Å². The zero-order valence-electron chi connectivity index (χ0n) is 10.6. The molecule has 1 aromatic rings. The molecule has 17 heavy (non-hydrogen) atoms. The van der Waals surface area contributed by atoms with Crippen LogP contribution in [0.2, 0.25) is 0 Å². The van der Waals surface area contributed by atoms with Crippen LogP contribution >= 0.6 is 0 Å². The summed E-state index contributed by atoms with van der Waals surface area (Å²) >= 11 is 0. The smallest absolute Gasteiger partial charge is 0.122 e. The summed E-state index contributed by atoms with van der Waals surface area (Å²) in [5.74, 6) is 1.95. The molecule has 1 aromatic carbocycles. The fraction of sp³-hybridized carbons (Fsp3) is 0.571. The first-order valence-electron chi connectivity index (χ1n) is 6.28. The van der Waals surface area contributed by atoms with E-state index in [2.05, 4.69) is 5.32 Å². The van der Waals surface area contributed by atoms with Gasteiger partial charge in [0.15, 0.2) is 0 Å². The second kappa shape index (κ2) is 5.41. The molecular formula is C14H21NO2. The Hall–Kier alpha value is -1.22. The van der Waals surface area contributed by atoms with Crippen LogP contribution in [0.4, 0.5) is 0 Å². The lowest BCUT2D eigenvalue weighted by Gasteiger charge is -2.23. The van der Waals surface area contributed by atoms with Gasteiger partial charge in [-0.2, -0.15) is 0 Å². The number of phenolic OH excluding ortho intramolecular Hbond substituents is 1. The van der Waals surface area contributed by atoms with Crippen LogP contribution in [0, 0.1) is 12.8 Å². The molecule has 1 heterocycles. The molecule has 1 aliphatic heterocycles. The third kappa shape index (κ3) is 2.91. The molecule has 0 radical (unpaired) electrons. The fourth-order valence-corrected chi connectivity index (χ4v) is 2.50. The molecule has 0 spiro atoms. The lowest BCUT2D eigenvalue weighted by Crippen LogP contribution is -2.28. The first-order chi connectivity index (χ1) is 8.20. The van der Waals surface area contributed by atoms with E-state index in [9.17, 15) is 5.11 Å². The summed E-state index contributed by atoms with van der Waals surface area (Å²) in [6.45, 7) is 4.13. The predicted molar refractivity (Wildman–Crippen MR) is 68.7 cm³/mol. The molecule has 1 saturated heterocycles. The Morgan fingerprint density at radius 1 is 1.35 bits per heavy atom. The Morgan fingerprint density at radius 2 is 2.06 bits per heavy atom. The molecule has 0 bridgehead atoms. The van der Waals surface area contributed by atoms with Gasteiger partial charge in [0.25, 0.3) is 0 Å². The van der Waals surface area contributed by atoms with Crippen molar-refractivity contribution < 1.29 is 9.84 Å². The van der Waals surface area contributed by atoms with Gasteiger partial charge in [-0.1, -0.05) is 0 Å². The zero-order valence-corrected chi connectivity index (χ0v) is 10.6. The number of hydrogen-bond donors (Lipinski definition) is 2. The number of rotatable bonds is 3. The van der Waals surface area contributed by atoms with Gasteiger partial charge in [0.2, 0.25) is 0 Å². The minimum atomic E-state index is 0.404. The van der Waals surface area contributed by atoms with Crippen molar-refractivity contribution in [2.45, 2.75) is 26.2 Å². The molecule has 0 aromatic heterocycles. The van der Waals surface area contributed by atoms with Crippen LogP contribution in [-0.2, 0) is 6.42 Å². The summed E-state index contributed by atoms with van der Waals surface area (Å²) in [5, 5.41) is 13.3. The summed E-state index contributed by atoms with van der Waals surface area (Å²) in [6, 6.07) is 3.78. The minimum absolute atomic E-state index is 0.404. The van der Waals surface area contributed by atoms with Gasteiger partial charge in [-0.15, -0.1) is 0 Å². The summed E-state index contributed by atoms with van der Waals surface area (Å²) in [4.78, 5) is 0. The Labute approximate surface area is 103 Å². The Kier molecular flexibility index (Phi) is 3.89. The maximum atomic E-state index is 9.97. The first-order valence-corrected chi connectivity index (χ1v) is 6.28. The molecular weight excluding hydrogens is 214 g/mol. The predicted octanol–water partition coefficient (Wildman–Crippen LogP) is 2.25. The van der Waals surface area contributed by atoms with Crippen LogP contribution in [0.3, 0.4) is 0 Å². The normalized spacial score (nSPS) is 17.1. The number of piperidine rings is 1. The second-order valence-corrected chi connectivity index (χ2v) is 4.85. The van der Waals surface area contributed by atoms with Crippen molar-refractivity contribution in [1.29, 1.82) is 0 Å². The number of benzene rings is 1. The summed E-state index contributed by atoms with van der Waals surface area (Å²) < 4.78 is 5.31. The second-order valence-electron chi connectivity index (χ2n) is 4.85. The third-order valence-corrected chi connectivity index (χ3v) is 3.56. The summed E-state index contributed by atoms with van der Waals surface area (Å²) in [7, 11) is 1.67. The third-order valence-electron chi connectivity index (χ3n) is 3.56. The fourth-order valence-electron chi connectivity index (χ4n) is 2.50. The molecule has 0 unspecified atom stereocenters. The highest BCUT2D eigenvalue weighted by Crippen LogP contribution is 2.30. The number of methoxy groups -OCH3 is 1. The van der Waals surface area contributed by atoms with Crippen LogP contribution in [0.5, 0.6) is 11.5 Å². The monoisotopic (exact) mass is 235 g/mol. The molecule has 94 valence electrons. The van der Waals surface area contributed by atoms with E-state index in [0.29, 0.717) is 11.7 Å². The Balaban J connectivity index is 2.13. The van der Waals surface area contributed by atoms with Crippen LogP contribution < -0.4 is 10.1 Å². The quantitative estimate of drug-likeness (QED) is 0.844. The number of aryl methyl sites for hydroxylation is 1. The molecule has 3 heteroatoms. The number of aromatic hydroxyl groups is 1. The van der Waals surface area contributed by atoms with Gasteiger partial charge in [0.1, 0.15) is 11.5 Å². The largest absolute Gasteiger partial charge is 0.508 e. The van der Waals surface area contributed by atoms with Crippen molar-refractivity contribution in [2.24, 2.45) is 5.92 Å². The maximum absolute atomic E-state index is 9.97. The van der Waals surface area contributed by atoms with Gasteiger partial charge in [-0.3, -0.25) is 0 Å². The number of nitrogens with one attached hydrogen (secondary N) is 1. The first kappa shape index (κ1) is 12.2. The zero-order chi connectivity index (χ0) is 12.3. The SMILES string of the molecule is COc1cc(CC2CCNCC2)c(O)cc1C. The van der Waals surface area contributed by atoms with E-state index in [4.69, 9.17) is 4.74 Å². The number of ether oxygens (including phenoxy) is 1. The molecule has 1 aliphatic rings. The van der Waals surface area contributed by atoms with Gasteiger partial charge in [0.05, 0.1) is 7.11 Å². The highest BCUT2D eigenvalue weighted by Gasteiger charge is 2.16. The van der Waals surface area contributed by atoms with E-state index in [1.165, 1.54) is 12.8 Å². The van der Waals surface area contributed by atoms with Crippen LogP contribution in [-0.4, -0.2) is 25.3 Å². The van der Waals surface area contributed by atoms with E-state index in [1.807, 2.05) is 13.0 Å². The van der Waals surface area contributed by atoms with E-state index < -0.39 is 0 Å². The number of hydrogen-bond acceptors (Lipinski definition) is 3. The average Bonchev–Trinajstić information content (AvgIpc) is 2.34. The topological polar surface area (TPSA) is 41.5 Å². The van der Waals surface area contributed by atoms with Gasteiger partial charge in [-0.25, -0.2) is 0 Å². The Bertz CT molecular complexity index is 384. The van der Waals surface area contributed by atoms with E-state index in [1.54, 1.807) is 13.2 Å². The van der Waals surface area contributed by atoms with Crippen molar-refractivity contribution in [1.82, 2.24) is 5.32 Å².